The second-order valence-corrected chi connectivity index (χ2v) is 11.6. The standard InChI is InChI=1S/C28H30N6O4/c35-22-12-38-21-2-1-15(6-20(21)34-22)10-30-27(37)25-24-23(32-14-33-25)19(11-29-24)26(36)31-13-28-7-16-3-17(8-28)5-18(4-16)9-28/h1-2,6,11,14,16-18,29H,3-5,7-10,12-13H2,(H,30,37)(H,31,36)(H,34,35). The summed E-state index contributed by atoms with van der Waals surface area (Å²) in [7, 11) is 0. The number of carbonyl (C=O) groups is 3. The van der Waals surface area contributed by atoms with Gasteiger partial charge in [0.2, 0.25) is 0 Å². The molecule has 0 radical (unpaired) electrons. The molecule has 4 N–H and O–H groups in total. The largest absolute Gasteiger partial charge is 0.482 e. The molecule has 0 saturated heterocycles. The number of nitrogens with one attached hydrogen (secondary N) is 4. The summed E-state index contributed by atoms with van der Waals surface area (Å²) in [5.74, 6) is 2.30. The first-order valence-electron chi connectivity index (χ1n) is 13.4. The quantitative estimate of drug-likeness (QED) is 0.399. The zero-order valence-electron chi connectivity index (χ0n) is 21.0. The van der Waals surface area contributed by atoms with Gasteiger partial charge in [-0.15, -0.1) is 0 Å². The number of H-pyrrole nitrogens is 1. The van der Waals surface area contributed by atoms with Crippen molar-refractivity contribution in [1.29, 1.82) is 0 Å². The molecule has 0 atom stereocenters. The highest BCUT2D eigenvalue weighted by atomic mass is 16.5. The van der Waals surface area contributed by atoms with E-state index < -0.39 is 5.91 Å². The van der Waals surface area contributed by atoms with Crippen LogP contribution in [0.4, 0.5) is 5.69 Å². The second kappa shape index (κ2) is 8.82. The predicted octanol–water partition coefficient (Wildman–Crippen LogP) is 3.17. The number of aromatic nitrogens is 3. The van der Waals surface area contributed by atoms with E-state index in [1.165, 1.54) is 44.9 Å². The van der Waals surface area contributed by atoms with Crippen LogP contribution in [-0.2, 0) is 11.3 Å². The molecule has 1 aromatic carbocycles. The molecule has 4 aliphatic carbocycles. The number of ether oxygens (including phenoxy) is 1. The number of benzene rings is 1. The Labute approximate surface area is 219 Å². The zero-order chi connectivity index (χ0) is 25.9. The number of fused-ring (bicyclic) bond motifs is 2. The Hall–Kier alpha value is -3.95. The average molecular weight is 515 g/mol. The molecule has 4 bridgehead atoms. The summed E-state index contributed by atoms with van der Waals surface area (Å²) >= 11 is 0. The summed E-state index contributed by atoms with van der Waals surface area (Å²) in [4.78, 5) is 49.4. The van der Waals surface area contributed by atoms with Gasteiger partial charge in [0, 0.05) is 19.3 Å². The van der Waals surface area contributed by atoms with E-state index >= 15 is 0 Å². The van der Waals surface area contributed by atoms with Crippen LogP contribution in [0.3, 0.4) is 0 Å². The lowest BCUT2D eigenvalue weighted by Gasteiger charge is -2.56. The van der Waals surface area contributed by atoms with Crippen molar-refractivity contribution in [3.05, 3.63) is 47.5 Å². The summed E-state index contributed by atoms with van der Waals surface area (Å²) in [6, 6.07) is 5.36. The molecular formula is C28H30N6O4. The van der Waals surface area contributed by atoms with Crippen molar-refractivity contribution in [2.24, 2.45) is 23.2 Å². The molecule has 196 valence electrons. The third-order valence-corrected chi connectivity index (χ3v) is 8.84. The maximum Gasteiger partial charge on any atom is 0.272 e. The Kier molecular flexibility index (Phi) is 5.38. The van der Waals surface area contributed by atoms with Gasteiger partial charge in [0.05, 0.1) is 16.8 Å². The van der Waals surface area contributed by atoms with Crippen molar-refractivity contribution in [2.45, 2.75) is 45.1 Å². The number of hydrogen-bond acceptors (Lipinski definition) is 6. The van der Waals surface area contributed by atoms with Crippen molar-refractivity contribution in [3.8, 4) is 5.75 Å². The number of carbonyl (C=O) groups excluding carboxylic acids is 3. The lowest BCUT2D eigenvalue weighted by atomic mass is 9.49. The zero-order valence-corrected chi connectivity index (χ0v) is 21.0. The summed E-state index contributed by atoms with van der Waals surface area (Å²) < 4.78 is 5.38. The summed E-state index contributed by atoms with van der Waals surface area (Å²) in [5, 5.41) is 8.82. The second-order valence-electron chi connectivity index (χ2n) is 11.6. The van der Waals surface area contributed by atoms with E-state index in [2.05, 4.69) is 30.9 Å². The normalized spacial score (nSPS) is 26.9. The van der Waals surface area contributed by atoms with Crippen molar-refractivity contribution < 1.29 is 19.1 Å². The van der Waals surface area contributed by atoms with Crippen LogP contribution in [0.2, 0.25) is 0 Å². The van der Waals surface area contributed by atoms with Crippen molar-refractivity contribution in [1.82, 2.24) is 25.6 Å². The van der Waals surface area contributed by atoms with Gasteiger partial charge in [-0.1, -0.05) is 6.07 Å². The Bertz CT molecular complexity index is 1430. The van der Waals surface area contributed by atoms with E-state index in [1.807, 2.05) is 6.07 Å². The van der Waals surface area contributed by atoms with Gasteiger partial charge in [0.25, 0.3) is 17.7 Å². The Balaban J connectivity index is 1.03. The fourth-order valence-electron chi connectivity index (χ4n) is 7.66. The van der Waals surface area contributed by atoms with Crippen molar-refractivity contribution in [2.75, 3.05) is 18.5 Å². The smallest absolute Gasteiger partial charge is 0.272 e. The van der Waals surface area contributed by atoms with Crippen LogP contribution in [0.1, 0.15) is 64.9 Å². The van der Waals surface area contributed by atoms with E-state index in [-0.39, 0.29) is 36.1 Å². The molecule has 3 aromatic rings. The highest BCUT2D eigenvalue weighted by molar-refractivity contribution is 6.10. The molecule has 3 amide bonds. The third-order valence-electron chi connectivity index (χ3n) is 8.84. The summed E-state index contributed by atoms with van der Waals surface area (Å²) in [5.41, 5.74) is 3.06. The fraction of sp³-hybridized carbons (Fsp3) is 0.464. The third kappa shape index (κ3) is 4.08. The number of amides is 3. The fourth-order valence-corrected chi connectivity index (χ4v) is 7.66. The Morgan fingerprint density at radius 1 is 1.03 bits per heavy atom. The highest BCUT2D eigenvalue weighted by Gasteiger charge is 2.50. The SMILES string of the molecule is O=C1COc2ccc(CNC(=O)c3ncnc4c(C(=O)NCC56CC7CC(CC(C7)C5)C6)c[nH]c34)cc2N1. The van der Waals surface area contributed by atoms with E-state index in [1.54, 1.807) is 18.3 Å². The number of anilines is 1. The van der Waals surface area contributed by atoms with Crippen molar-refractivity contribution in [3.63, 3.8) is 0 Å². The van der Waals surface area contributed by atoms with Gasteiger partial charge in [0.1, 0.15) is 17.6 Å². The molecule has 1 aliphatic heterocycles. The lowest BCUT2D eigenvalue weighted by molar-refractivity contribution is -0.118. The predicted molar refractivity (Wildman–Crippen MR) is 139 cm³/mol. The van der Waals surface area contributed by atoms with Gasteiger partial charge >= 0.3 is 0 Å². The van der Waals surface area contributed by atoms with Crippen LogP contribution >= 0.6 is 0 Å². The molecular weight excluding hydrogens is 484 g/mol. The van der Waals surface area contributed by atoms with Crippen LogP contribution in [0.25, 0.3) is 11.0 Å². The molecule has 10 heteroatoms. The molecule has 38 heavy (non-hydrogen) atoms. The number of hydrogen-bond donors (Lipinski definition) is 4. The molecule has 8 rings (SSSR count). The first-order chi connectivity index (χ1) is 18.4. The first kappa shape index (κ1) is 23.2. The van der Waals surface area contributed by atoms with E-state index in [0.29, 0.717) is 34.6 Å². The molecule has 4 fully saturated rings. The average Bonchev–Trinajstić information content (AvgIpc) is 3.34. The maximum atomic E-state index is 13.2. The van der Waals surface area contributed by atoms with Gasteiger partial charge in [0.15, 0.2) is 12.3 Å². The monoisotopic (exact) mass is 514 g/mol. The highest BCUT2D eigenvalue weighted by Crippen LogP contribution is 2.59. The van der Waals surface area contributed by atoms with Crippen LogP contribution < -0.4 is 20.7 Å². The van der Waals surface area contributed by atoms with Gasteiger partial charge in [-0.05, 0) is 79.4 Å². The van der Waals surface area contributed by atoms with Crippen LogP contribution in [-0.4, -0.2) is 45.8 Å². The van der Waals surface area contributed by atoms with Crippen LogP contribution in [0.5, 0.6) is 5.75 Å². The lowest BCUT2D eigenvalue weighted by Crippen LogP contribution is -2.51. The Morgan fingerprint density at radius 3 is 2.55 bits per heavy atom. The molecule has 4 saturated carbocycles. The molecule has 0 spiro atoms. The molecule has 5 aliphatic rings. The minimum atomic E-state index is -0.391. The molecule has 0 unspecified atom stereocenters. The summed E-state index contributed by atoms with van der Waals surface area (Å²) in [6.45, 7) is 0.921. The Morgan fingerprint density at radius 2 is 1.79 bits per heavy atom. The number of rotatable bonds is 6. The topological polar surface area (TPSA) is 138 Å². The first-order valence-corrected chi connectivity index (χ1v) is 13.4. The van der Waals surface area contributed by atoms with Gasteiger partial charge < -0.3 is 25.7 Å². The maximum absolute atomic E-state index is 13.2. The van der Waals surface area contributed by atoms with Crippen LogP contribution in [0, 0.1) is 23.2 Å². The minimum Gasteiger partial charge on any atom is -0.482 e. The molecule has 3 heterocycles. The minimum absolute atomic E-state index is 0.00871. The van der Waals surface area contributed by atoms with Gasteiger partial charge in [-0.25, -0.2) is 9.97 Å². The van der Waals surface area contributed by atoms with Gasteiger partial charge in [-0.3, -0.25) is 14.4 Å². The van der Waals surface area contributed by atoms with Gasteiger partial charge in [-0.2, -0.15) is 0 Å². The number of aromatic amines is 1. The van der Waals surface area contributed by atoms with E-state index in [4.69, 9.17) is 4.74 Å². The molecule has 10 nitrogen and oxygen atoms in total. The van der Waals surface area contributed by atoms with Crippen LogP contribution in [0.15, 0.2) is 30.7 Å². The van der Waals surface area contributed by atoms with Crippen molar-refractivity contribution >= 4 is 34.4 Å². The van der Waals surface area contributed by atoms with E-state index in [0.717, 1.165) is 23.3 Å². The summed E-state index contributed by atoms with van der Waals surface area (Å²) in [6.07, 6.45) is 10.7. The molecule has 2 aromatic heterocycles. The number of nitrogens with zero attached hydrogens (tertiary/aromatic N) is 2. The van der Waals surface area contributed by atoms with E-state index in [9.17, 15) is 14.4 Å².